The van der Waals surface area contributed by atoms with Crippen LogP contribution < -0.4 is 20.9 Å². The van der Waals surface area contributed by atoms with Gasteiger partial charge in [0.15, 0.2) is 0 Å². The van der Waals surface area contributed by atoms with Crippen molar-refractivity contribution in [2.45, 2.75) is 52.2 Å². The van der Waals surface area contributed by atoms with Crippen molar-refractivity contribution in [3.63, 3.8) is 0 Å². The highest BCUT2D eigenvalue weighted by molar-refractivity contribution is 6.09. The number of carbonyl (C=O) groups is 1. The van der Waals surface area contributed by atoms with Crippen LogP contribution in [0.3, 0.4) is 0 Å². The van der Waals surface area contributed by atoms with E-state index in [0.29, 0.717) is 30.1 Å². The third kappa shape index (κ3) is 7.51. The minimum Gasteiger partial charge on any atom is -0.484 e. The lowest BCUT2D eigenvalue weighted by Crippen LogP contribution is -2.43. The molecule has 0 saturated heterocycles. The lowest BCUT2D eigenvalue weighted by molar-refractivity contribution is 0.171. The fourth-order valence-electron chi connectivity index (χ4n) is 4.73. The number of amides is 2. The normalized spacial score (nSPS) is 16.4. The first kappa shape index (κ1) is 30.2. The van der Waals surface area contributed by atoms with Gasteiger partial charge in [0.05, 0.1) is 17.9 Å². The van der Waals surface area contributed by atoms with E-state index < -0.39 is 0 Å². The molecule has 1 aromatic heterocycles. The molecule has 0 aliphatic heterocycles. The number of carbonyl (C=O) groups excluding carboxylic acids is 1. The van der Waals surface area contributed by atoms with E-state index in [2.05, 4.69) is 15.6 Å². The molecule has 0 fully saturated rings. The molecule has 2 unspecified atom stereocenters. The lowest BCUT2D eigenvalue weighted by atomic mass is 9.85. The molecule has 2 atom stereocenters. The summed E-state index contributed by atoms with van der Waals surface area (Å²) in [5.41, 5.74) is 4.47. The summed E-state index contributed by atoms with van der Waals surface area (Å²) in [6.45, 7) is 5.92. The molecule has 0 spiro atoms. The number of hydrogen-bond acceptors (Lipinski definition) is 6. The summed E-state index contributed by atoms with van der Waals surface area (Å²) in [4.78, 5) is 19.5. The molecule has 0 bridgehead atoms. The van der Waals surface area contributed by atoms with Crippen LogP contribution in [0.1, 0.15) is 61.9 Å². The van der Waals surface area contributed by atoms with Gasteiger partial charge >= 0.3 is 6.03 Å². The number of amidine groups is 1. The number of fused-ring (bicyclic) bond motifs is 1. The van der Waals surface area contributed by atoms with Gasteiger partial charge in [0.1, 0.15) is 23.2 Å². The molecule has 0 saturated carbocycles. The Kier molecular flexibility index (Phi) is 9.57. The molecular weight excluding hydrogens is 528 g/mol. The van der Waals surface area contributed by atoms with Crippen LogP contribution in [0.15, 0.2) is 71.9 Å². The molecule has 220 valence electrons. The number of aromatic nitrogens is 1. The Morgan fingerprint density at radius 2 is 1.74 bits per heavy atom. The number of aryl methyl sites for hydroxylation is 1. The molecule has 10 nitrogen and oxygen atoms in total. The highest BCUT2D eigenvalue weighted by Crippen LogP contribution is 2.38. The topological polar surface area (TPSA) is 142 Å². The van der Waals surface area contributed by atoms with Gasteiger partial charge in [-0.1, -0.05) is 55.8 Å². The van der Waals surface area contributed by atoms with Gasteiger partial charge < -0.3 is 20.4 Å². The zero-order valence-electron chi connectivity index (χ0n) is 24.9. The van der Waals surface area contributed by atoms with Crippen LogP contribution in [0, 0.1) is 29.1 Å². The van der Waals surface area contributed by atoms with Crippen molar-refractivity contribution in [2.75, 3.05) is 14.1 Å². The first-order valence-corrected chi connectivity index (χ1v) is 14.1. The van der Waals surface area contributed by atoms with Gasteiger partial charge in [-0.15, -0.1) is 0 Å². The van der Waals surface area contributed by atoms with E-state index in [-0.39, 0.29) is 42.0 Å². The van der Waals surface area contributed by atoms with Gasteiger partial charge in [-0.2, -0.15) is 0 Å². The van der Waals surface area contributed by atoms with E-state index in [1.165, 1.54) is 4.57 Å². The van der Waals surface area contributed by atoms with Gasteiger partial charge in [-0.25, -0.2) is 9.79 Å². The number of ether oxygens (including phenoxy) is 1. The van der Waals surface area contributed by atoms with Gasteiger partial charge in [-0.05, 0) is 61.1 Å². The van der Waals surface area contributed by atoms with Crippen LogP contribution in [-0.2, 0) is 0 Å². The van der Waals surface area contributed by atoms with Crippen molar-refractivity contribution in [1.29, 1.82) is 16.2 Å². The Balaban J connectivity index is 1.50. The smallest absolute Gasteiger partial charge is 0.320 e. The van der Waals surface area contributed by atoms with Gasteiger partial charge in [-0.3, -0.25) is 20.7 Å². The Bertz CT molecular complexity index is 1540. The maximum Gasteiger partial charge on any atom is 0.320 e. The Labute approximate surface area is 247 Å². The molecule has 1 aliphatic rings. The number of pyridine rings is 1. The van der Waals surface area contributed by atoms with E-state index in [1.54, 1.807) is 37.3 Å². The molecule has 42 heavy (non-hydrogen) atoms. The average Bonchev–Trinajstić information content (AvgIpc) is 2.96. The fraction of sp³-hybridized carbons (Fsp3) is 0.344. The molecule has 2 aromatic carbocycles. The van der Waals surface area contributed by atoms with E-state index >= 15 is 0 Å². The Hall–Kier alpha value is -4.73. The first-order chi connectivity index (χ1) is 20.0. The summed E-state index contributed by atoms with van der Waals surface area (Å²) in [6, 6.07) is 18.4. The van der Waals surface area contributed by atoms with E-state index in [0.717, 1.165) is 22.4 Å². The standard InChI is InChI=1S/C32H40N8O2/c1-20(2)26(33)18-30(36-22-12-10-21(3)11-13-22)38-32(41)37-27-15-16-28(25-9-7-6-8-24(25)27)42-23-14-17-29(34)40(19-23)31(35)39(4)5/h6-14,17,19-20,27-28,33-35H,15-16,18H2,1-5H3,(H2,36,37,38,41). The zero-order valence-corrected chi connectivity index (χ0v) is 24.9. The summed E-state index contributed by atoms with van der Waals surface area (Å²) in [5, 5.41) is 30.8. The number of rotatable bonds is 7. The maximum absolute atomic E-state index is 13.2. The van der Waals surface area contributed by atoms with Crippen molar-refractivity contribution in [1.82, 2.24) is 20.1 Å². The van der Waals surface area contributed by atoms with Crippen LogP contribution in [0.4, 0.5) is 10.5 Å². The predicted molar refractivity (Wildman–Crippen MR) is 166 cm³/mol. The number of hydrogen-bond donors (Lipinski definition) is 5. The highest BCUT2D eigenvalue weighted by Gasteiger charge is 2.29. The highest BCUT2D eigenvalue weighted by atomic mass is 16.5. The van der Waals surface area contributed by atoms with Gasteiger partial charge in [0.25, 0.3) is 0 Å². The molecular formula is C32H40N8O2. The van der Waals surface area contributed by atoms with Crippen molar-refractivity contribution in [2.24, 2.45) is 10.9 Å². The Morgan fingerprint density at radius 3 is 2.40 bits per heavy atom. The molecule has 1 heterocycles. The van der Waals surface area contributed by atoms with Crippen LogP contribution in [0.25, 0.3) is 0 Å². The third-order valence-electron chi connectivity index (χ3n) is 7.20. The molecule has 5 N–H and O–H groups in total. The predicted octanol–water partition coefficient (Wildman–Crippen LogP) is 5.67. The second-order valence-electron chi connectivity index (χ2n) is 11.1. The summed E-state index contributed by atoms with van der Waals surface area (Å²) < 4.78 is 7.84. The Morgan fingerprint density at radius 1 is 1.05 bits per heavy atom. The number of urea groups is 1. The average molecular weight is 569 g/mol. The summed E-state index contributed by atoms with van der Waals surface area (Å²) in [6.07, 6.45) is 2.99. The summed E-state index contributed by atoms with van der Waals surface area (Å²) >= 11 is 0. The molecule has 0 radical (unpaired) electrons. The minimum absolute atomic E-state index is 0.0421. The summed E-state index contributed by atoms with van der Waals surface area (Å²) in [5.74, 6) is 1.19. The number of nitrogens with one attached hydrogen (secondary N) is 5. The lowest BCUT2D eigenvalue weighted by Gasteiger charge is -2.32. The summed E-state index contributed by atoms with van der Waals surface area (Å²) in [7, 11) is 3.52. The second kappa shape index (κ2) is 13.3. The van der Waals surface area contributed by atoms with E-state index in [1.807, 2.05) is 69.3 Å². The molecule has 2 amide bonds. The van der Waals surface area contributed by atoms with Crippen LogP contribution >= 0.6 is 0 Å². The third-order valence-corrected chi connectivity index (χ3v) is 7.20. The van der Waals surface area contributed by atoms with Crippen LogP contribution in [0.5, 0.6) is 5.75 Å². The van der Waals surface area contributed by atoms with Crippen molar-refractivity contribution >= 4 is 29.2 Å². The first-order valence-electron chi connectivity index (χ1n) is 14.1. The fourth-order valence-corrected chi connectivity index (χ4v) is 4.73. The largest absolute Gasteiger partial charge is 0.484 e. The quantitative estimate of drug-likeness (QED) is 0.185. The van der Waals surface area contributed by atoms with Crippen LogP contribution in [0.2, 0.25) is 0 Å². The minimum atomic E-state index is -0.370. The van der Waals surface area contributed by atoms with E-state index in [9.17, 15) is 4.79 Å². The second-order valence-corrected chi connectivity index (χ2v) is 11.1. The van der Waals surface area contributed by atoms with E-state index in [4.69, 9.17) is 21.0 Å². The van der Waals surface area contributed by atoms with Crippen molar-refractivity contribution in [3.8, 4) is 5.75 Å². The van der Waals surface area contributed by atoms with Crippen LogP contribution in [-0.4, -0.2) is 47.1 Å². The number of nitrogens with zero attached hydrogens (tertiary/aromatic N) is 3. The monoisotopic (exact) mass is 568 g/mol. The van der Waals surface area contributed by atoms with Crippen molar-refractivity contribution < 1.29 is 9.53 Å². The molecule has 3 aromatic rings. The van der Waals surface area contributed by atoms with Gasteiger partial charge in [0.2, 0.25) is 5.96 Å². The number of aliphatic imine (C=N–C) groups is 1. The SMILES string of the molecule is Cc1ccc(N=C(CC(=N)C(C)C)NC(=O)NC2CCC(Oc3ccc(=N)n(C(=N)N(C)C)c3)c3ccccc32)cc1. The molecule has 4 rings (SSSR count). The maximum atomic E-state index is 13.2. The molecule has 1 aliphatic carbocycles. The zero-order chi connectivity index (χ0) is 30.4. The number of benzene rings is 2. The van der Waals surface area contributed by atoms with Crippen molar-refractivity contribution in [3.05, 3.63) is 89.0 Å². The van der Waals surface area contributed by atoms with Gasteiger partial charge in [0, 0.05) is 26.2 Å². The molecule has 10 heteroatoms.